The van der Waals surface area contributed by atoms with Crippen LogP contribution in [-0.2, 0) is 17.5 Å². The van der Waals surface area contributed by atoms with Crippen molar-refractivity contribution < 1.29 is 18.0 Å². The lowest BCUT2D eigenvalue weighted by atomic mass is 10.1. The molecule has 0 spiro atoms. The Bertz CT molecular complexity index is 930. The molecule has 0 saturated carbocycles. The molecule has 0 radical (unpaired) electrons. The lowest BCUT2D eigenvalue weighted by Gasteiger charge is -2.07. The van der Waals surface area contributed by atoms with Gasteiger partial charge in [0.05, 0.1) is 10.9 Å². The third-order valence-corrected chi connectivity index (χ3v) is 3.77. The number of amides is 1. The molecule has 0 unspecified atom stereocenters. The number of para-hydroxylation sites is 1. The number of alkyl halides is 3. The molecule has 3 aromatic rings. The third-order valence-electron chi connectivity index (χ3n) is 3.77. The average Bonchev–Trinajstić information content (AvgIpc) is 2.87. The molecule has 0 aliphatic rings. The van der Waals surface area contributed by atoms with Crippen LogP contribution in [0.5, 0.6) is 0 Å². The molecular weight excluding hydrogens is 321 g/mol. The van der Waals surface area contributed by atoms with Crippen molar-refractivity contribution in [1.82, 2.24) is 20.1 Å². The molecule has 126 valence electrons. The first kappa shape index (κ1) is 16.2. The number of carbonyl (C=O) groups excluding carboxylic acids is 1. The van der Waals surface area contributed by atoms with E-state index in [4.69, 9.17) is 0 Å². The number of hydrogen-bond donors (Lipinski definition) is 1. The normalized spacial score (nSPS) is 12.0. The summed E-state index contributed by atoms with van der Waals surface area (Å²) in [5, 5.41) is 6.75. The van der Waals surface area contributed by atoms with Crippen molar-refractivity contribution >= 4 is 27.8 Å². The first-order valence-corrected chi connectivity index (χ1v) is 7.42. The van der Waals surface area contributed by atoms with E-state index in [0.717, 1.165) is 4.68 Å². The minimum absolute atomic E-state index is 0.0600. The number of halogens is 3. The van der Waals surface area contributed by atoms with Gasteiger partial charge in [0, 0.05) is 11.9 Å². The van der Waals surface area contributed by atoms with Gasteiger partial charge in [-0.1, -0.05) is 18.2 Å². The highest BCUT2D eigenvalue weighted by Crippen LogP contribution is 2.37. The van der Waals surface area contributed by atoms with Crippen molar-refractivity contribution in [2.45, 2.75) is 26.6 Å². The Hall–Kier alpha value is -2.64. The van der Waals surface area contributed by atoms with E-state index in [9.17, 15) is 18.0 Å². The summed E-state index contributed by atoms with van der Waals surface area (Å²) in [4.78, 5) is 16.1. The molecule has 1 N–H and O–H groups in total. The highest BCUT2D eigenvalue weighted by Gasteiger charge is 2.38. The molecule has 0 atom stereocenters. The van der Waals surface area contributed by atoms with Gasteiger partial charge in [-0.25, -0.2) is 9.67 Å². The minimum Gasteiger partial charge on any atom is -0.355 e. The summed E-state index contributed by atoms with van der Waals surface area (Å²) in [5.74, 6) is -0.414. The van der Waals surface area contributed by atoms with E-state index in [-0.39, 0.29) is 17.6 Å². The monoisotopic (exact) mass is 336 g/mol. The van der Waals surface area contributed by atoms with Crippen LogP contribution >= 0.6 is 0 Å². The molecule has 0 fully saturated rings. The maximum atomic E-state index is 13.4. The predicted molar refractivity (Wildman–Crippen MR) is 83.5 cm³/mol. The molecule has 0 aliphatic heterocycles. The van der Waals surface area contributed by atoms with Crippen molar-refractivity contribution in [2.75, 3.05) is 6.54 Å². The maximum absolute atomic E-state index is 13.4. The largest absolute Gasteiger partial charge is 0.435 e. The van der Waals surface area contributed by atoms with Crippen LogP contribution < -0.4 is 5.32 Å². The number of aromatic nitrogens is 3. The van der Waals surface area contributed by atoms with Crippen LogP contribution in [0.1, 0.15) is 18.2 Å². The van der Waals surface area contributed by atoms with E-state index in [1.54, 1.807) is 38.1 Å². The van der Waals surface area contributed by atoms with Crippen LogP contribution in [0, 0.1) is 6.92 Å². The zero-order valence-electron chi connectivity index (χ0n) is 13.1. The van der Waals surface area contributed by atoms with Crippen molar-refractivity contribution in [1.29, 1.82) is 0 Å². The zero-order valence-corrected chi connectivity index (χ0v) is 13.1. The van der Waals surface area contributed by atoms with Gasteiger partial charge in [-0.3, -0.25) is 4.79 Å². The summed E-state index contributed by atoms with van der Waals surface area (Å²) >= 11 is 0. The molecule has 0 saturated heterocycles. The second kappa shape index (κ2) is 5.77. The van der Waals surface area contributed by atoms with Crippen molar-refractivity contribution in [3.8, 4) is 0 Å². The number of nitrogens with zero attached hydrogens (tertiary/aromatic N) is 3. The lowest BCUT2D eigenvalue weighted by molar-refractivity contribution is -0.140. The number of likely N-dealkylation sites (N-methyl/N-ethyl adjacent to an activating group) is 1. The quantitative estimate of drug-likeness (QED) is 0.800. The van der Waals surface area contributed by atoms with Gasteiger partial charge in [-0.2, -0.15) is 18.3 Å². The number of carbonyl (C=O) groups is 1. The van der Waals surface area contributed by atoms with E-state index in [1.807, 2.05) is 0 Å². The van der Waals surface area contributed by atoms with Gasteiger partial charge in [0.2, 0.25) is 5.91 Å². The van der Waals surface area contributed by atoms with Gasteiger partial charge in [0.1, 0.15) is 6.54 Å². The van der Waals surface area contributed by atoms with Gasteiger partial charge in [0.15, 0.2) is 11.3 Å². The van der Waals surface area contributed by atoms with Crippen molar-refractivity contribution in [2.24, 2.45) is 0 Å². The molecule has 8 heteroatoms. The van der Waals surface area contributed by atoms with Gasteiger partial charge < -0.3 is 5.32 Å². The number of hydrogen-bond acceptors (Lipinski definition) is 3. The van der Waals surface area contributed by atoms with Gasteiger partial charge in [-0.05, 0) is 25.5 Å². The number of rotatable bonds is 3. The topological polar surface area (TPSA) is 59.8 Å². The Morgan fingerprint density at radius 1 is 1.29 bits per heavy atom. The fourth-order valence-corrected chi connectivity index (χ4v) is 2.75. The van der Waals surface area contributed by atoms with Crippen LogP contribution in [0.25, 0.3) is 21.9 Å². The Kier molecular flexibility index (Phi) is 3.90. The number of benzene rings is 1. The van der Waals surface area contributed by atoms with Gasteiger partial charge in [0.25, 0.3) is 0 Å². The number of nitrogens with one attached hydrogen (secondary N) is 1. The first-order chi connectivity index (χ1) is 11.3. The molecule has 2 aromatic heterocycles. The van der Waals surface area contributed by atoms with Gasteiger partial charge >= 0.3 is 6.18 Å². The molecule has 0 aliphatic carbocycles. The van der Waals surface area contributed by atoms with Crippen molar-refractivity contribution in [3.05, 3.63) is 35.5 Å². The standard InChI is InChI=1S/C16H15F3N4O/c1-3-20-12(24)8-23-15-13(14(22-23)16(17,18)19)9(2)10-6-4-5-7-11(10)21-15/h4-7H,3,8H2,1-2H3,(H,20,24). The summed E-state index contributed by atoms with van der Waals surface area (Å²) < 4.78 is 41.2. The van der Waals surface area contributed by atoms with E-state index in [0.29, 0.717) is 23.0 Å². The molecule has 24 heavy (non-hydrogen) atoms. The summed E-state index contributed by atoms with van der Waals surface area (Å²) in [7, 11) is 0. The summed E-state index contributed by atoms with van der Waals surface area (Å²) in [6.07, 6.45) is -4.63. The molecule has 2 heterocycles. The minimum atomic E-state index is -4.63. The first-order valence-electron chi connectivity index (χ1n) is 7.42. The summed E-state index contributed by atoms with van der Waals surface area (Å²) in [6, 6.07) is 6.95. The second-order valence-electron chi connectivity index (χ2n) is 5.41. The van der Waals surface area contributed by atoms with Crippen LogP contribution in [-0.4, -0.2) is 27.2 Å². The molecule has 3 rings (SSSR count). The fraction of sp³-hybridized carbons (Fsp3) is 0.312. The third kappa shape index (κ3) is 2.68. The molecule has 5 nitrogen and oxygen atoms in total. The molecule has 1 amide bonds. The molecule has 1 aromatic carbocycles. The van der Waals surface area contributed by atoms with Crippen LogP contribution in [0.4, 0.5) is 13.2 Å². The van der Waals surface area contributed by atoms with Crippen LogP contribution in [0.2, 0.25) is 0 Å². The van der Waals surface area contributed by atoms with Crippen LogP contribution in [0.3, 0.4) is 0 Å². The lowest BCUT2D eigenvalue weighted by Crippen LogP contribution is -2.27. The number of pyridine rings is 1. The SMILES string of the molecule is CCNC(=O)Cn1nc(C(F)(F)F)c2c(C)c3ccccc3nc21. The van der Waals surface area contributed by atoms with E-state index >= 15 is 0 Å². The van der Waals surface area contributed by atoms with E-state index < -0.39 is 17.8 Å². The highest BCUT2D eigenvalue weighted by atomic mass is 19.4. The fourth-order valence-electron chi connectivity index (χ4n) is 2.75. The zero-order chi connectivity index (χ0) is 17.5. The Labute approximate surface area is 135 Å². The van der Waals surface area contributed by atoms with Crippen LogP contribution in [0.15, 0.2) is 24.3 Å². The second-order valence-corrected chi connectivity index (χ2v) is 5.41. The maximum Gasteiger partial charge on any atom is 0.435 e. The van der Waals surface area contributed by atoms with Crippen molar-refractivity contribution in [3.63, 3.8) is 0 Å². The summed E-state index contributed by atoms with van der Waals surface area (Å²) in [6.45, 7) is 3.42. The summed E-state index contributed by atoms with van der Waals surface area (Å²) in [5.41, 5.74) is 0.0562. The van der Waals surface area contributed by atoms with E-state index in [2.05, 4.69) is 15.4 Å². The molecule has 0 bridgehead atoms. The number of aryl methyl sites for hydroxylation is 1. The smallest absolute Gasteiger partial charge is 0.355 e. The Morgan fingerprint density at radius 3 is 2.67 bits per heavy atom. The number of fused-ring (bicyclic) bond motifs is 2. The Balaban J connectivity index is 2.31. The van der Waals surface area contributed by atoms with Gasteiger partial charge in [-0.15, -0.1) is 0 Å². The molecular formula is C16H15F3N4O. The predicted octanol–water partition coefficient (Wildman–Crippen LogP) is 3.05. The van der Waals surface area contributed by atoms with E-state index in [1.165, 1.54) is 0 Å². The highest BCUT2D eigenvalue weighted by molar-refractivity contribution is 5.97. The average molecular weight is 336 g/mol. The Morgan fingerprint density at radius 2 is 2.00 bits per heavy atom.